The molecule has 1 fully saturated rings. The number of hydrogen-bond donors (Lipinski definition) is 2. The number of likely N-dealkylation sites (tertiary alicyclic amines) is 1. The van der Waals surface area contributed by atoms with Crippen LogP contribution in [0.25, 0.3) is 11.4 Å². The molecule has 0 saturated carbocycles. The summed E-state index contributed by atoms with van der Waals surface area (Å²) in [5.74, 6) is 0.520. The SMILES string of the molecule is Cc1[nH]c(-c2ccc(C(F)(F)F)cc2)nc1CN1CCC(N(Cc2ccc(S(C)(=O)=O)cc2)C(=O)Nc2ccccc2)CC1. The van der Waals surface area contributed by atoms with E-state index in [1.165, 1.54) is 12.1 Å². The van der Waals surface area contributed by atoms with Gasteiger partial charge in [-0.15, -0.1) is 0 Å². The Morgan fingerprint density at radius 3 is 2.23 bits per heavy atom. The van der Waals surface area contributed by atoms with Crippen molar-refractivity contribution in [2.45, 2.75) is 50.0 Å². The Kier molecular flexibility index (Phi) is 9.12. The number of amides is 2. The van der Waals surface area contributed by atoms with Crippen molar-refractivity contribution in [3.63, 3.8) is 0 Å². The van der Waals surface area contributed by atoms with Gasteiger partial charge in [-0.25, -0.2) is 18.2 Å². The van der Waals surface area contributed by atoms with Gasteiger partial charge in [-0.05, 0) is 61.7 Å². The number of carbonyl (C=O) groups excluding carboxylic acids is 1. The van der Waals surface area contributed by atoms with Gasteiger partial charge >= 0.3 is 12.2 Å². The average Bonchev–Trinajstić information content (AvgIpc) is 3.36. The molecule has 1 aliphatic rings. The standard InChI is InChI=1S/C32H34F3N5O3S/c1-22-29(38-30(36-22)24-10-12-25(13-11-24)32(33,34)35)21-39-18-16-27(17-19-39)40(31(41)37-26-6-4-3-5-7-26)20-23-8-14-28(15-9-23)44(2,42)43/h3-15,27H,16-21H2,1-2H3,(H,36,38)(H,37,41). The summed E-state index contributed by atoms with van der Waals surface area (Å²) in [7, 11) is -3.33. The smallest absolute Gasteiger partial charge is 0.342 e. The Balaban J connectivity index is 1.26. The first-order chi connectivity index (χ1) is 20.9. The molecule has 8 nitrogen and oxygen atoms in total. The Morgan fingerprint density at radius 2 is 1.64 bits per heavy atom. The Bertz CT molecular complexity index is 1680. The summed E-state index contributed by atoms with van der Waals surface area (Å²) in [4.78, 5) is 25.7. The number of imidazole rings is 1. The molecule has 0 bridgehead atoms. The normalized spacial score (nSPS) is 14.8. The van der Waals surface area contributed by atoms with Crippen LogP contribution in [-0.4, -0.2) is 59.6 Å². The lowest BCUT2D eigenvalue weighted by Gasteiger charge is -2.38. The molecule has 5 rings (SSSR count). The number of urea groups is 1. The topological polar surface area (TPSA) is 98.4 Å². The second-order valence-corrected chi connectivity index (χ2v) is 13.1. The maximum absolute atomic E-state index is 13.5. The molecule has 1 aromatic heterocycles. The number of halogens is 3. The number of para-hydroxylation sites is 1. The molecule has 2 N–H and O–H groups in total. The molecule has 12 heteroatoms. The van der Waals surface area contributed by atoms with Crippen LogP contribution in [0.2, 0.25) is 0 Å². The zero-order valence-corrected chi connectivity index (χ0v) is 25.3. The molecular formula is C32H34F3N5O3S. The number of nitrogens with zero attached hydrogens (tertiary/aromatic N) is 3. The number of rotatable bonds is 8. The molecule has 0 atom stereocenters. The number of carbonyl (C=O) groups is 1. The predicted molar refractivity (Wildman–Crippen MR) is 163 cm³/mol. The van der Waals surface area contributed by atoms with E-state index in [-0.39, 0.29) is 17.0 Å². The molecule has 3 aromatic carbocycles. The third-order valence-corrected chi connectivity index (χ3v) is 8.96. The number of hydrogen-bond acceptors (Lipinski definition) is 5. The molecule has 0 aliphatic carbocycles. The first-order valence-corrected chi connectivity index (χ1v) is 16.1. The van der Waals surface area contributed by atoms with Gasteiger partial charge in [-0.1, -0.05) is 42.5 Å². The van der Waals surface area contributed by atoms with Crippen LogP contribution in [0.1, 0.15) is 35.4 Å². The summed E-state index contributed by atoms with van der Waals surface area (Å²) < 4.78 is 62.7. The molecule has 2 heterocycles. The molecule has 0 radical (unpaired) electrons. The zero-order valence-electron chi connectivity index (χ0n) is 24.4. The minimum atomic E-state index is -4.39. The Hall–Kier alpha value is -4.16. The molecule has 1 saturated heterocycles. The monoisotopic (exact) mass is 625 g/mol. The largest absolute Gasteiger partial charge is 0.416 e. The van der Waals surface area contributed by atoms with Crippen molar-refractivity contribution in [3.05, 3.63) is 101 Å². The fourth-order valence-electron chi connectivity index (χ4n) is 5.33. The number of aromatic amines is 1. The second-order valence-electron chi connectivity index (χ2n) is 11.1. The number of benzene rings is 3. The summed E-state index contributed by atoms with van der Waals surface area (Å²) in [6, 6.07) is 20.5. The summed E-state index contributed by atoms with van der Waals surface area (Å²) in [5, 5.41) is 2.98. The molecule has 232 valence electrons. The van der Waals surface area contributed by atoms with Gasteiger partial charge in [0, 0.05) is 55.4 Å². The summed E-state index contributed by atoms with van der Waals surface area (Å²) in [5.41, 5.74) is 3.06. The van der Waals surface area contributed by atoms with Crippen molar-refractivity contribution in [2.75, 3.05) is 24.7 Å². The lowest BCUT2D eigenvalue weighted by molar-refractivity contribution is -0.137. The van der Waals surface area contributed by atoms with Gasteiger partial charge in [0.15, 0.2) is 9.84 Å². The quantitative estimate of drug-likeness (QED) is 0.233. The number of H-pyrrole nitrogens is 1. The number of nitrogens with one attached hydrogen (secondary N) is 2. The van der Waals surface area contributed by atoms with Crippen LogP contribution in [-0.2, 0) is 29.1 Å². The van der Waals surface area contributed by atoms with E-state index in [0.29, 0.717) is 43.3 Å². The minimum absolute atomic E-state index is 0.0486. The van der Waals surface area contributed by atoms with Crippen LogP contribution >= 0.6 is 0 Å². The van der Waals surface area contributed by atoms with Crippen LogP contribution in [0.15, 0.2) is 83.8 Å². The average molecular weight is 626 g/mol. The van der Waals surface area contributed by atoms with Gasteiger partial charge in [-0.2, -0.15) is 13.2 Å². The van der Waals surface area contributed by atoms with Gasteiger partial charge in [0.1, 0.15) is 5.82 Å². The number of alkyl halides is 3. The van der Waals surface area contributed by atoms with E-state index in [9.17, 15) is 26.4 Å². The van der Waals surface area contributed by atoms with Crippen molar-refractivity contribution in [1.82, 2.24) is 19.8 Å². The van der Waals surface area contributed by atoms with E-state index < -0.39 is 21.6 Å². The lowest BCUT2D eigenvalue weighted by Crippen LogP contribution is -2.48. The van der Waals surface area contributed by atoms with Crippen molar-refractivity contribution >= 4 is 21.6 Å². The fourth-order valence-corrected chi connectivity index (χ4v) is 5.96. The number of anilines is 1. The highest BCUT2D eigenvalue weighted by Crippen LogP contribution is 2.31. The first-order valence-electron chi connectivity index (χ1n) is 14.2. The number of piperidine rings is 1. The van der Waals surface area contributed by atoms with Crippen molar-refractivity contribution in [2.24, 2.45) is 0 Å². The van der Waals surface area contributed by atoms with E-state index >= 15 is 0 Å². The summed E-state index contributed by atoms with van der Waals surface area (Å²) in [6.07, 6.45) is -1.79. The van der Waals surface area contributed by atoms with Gasteiger partial charge < -0.3 is 15.2 Å². The van der Waals surface area contributed by atoms with E-state index in [1.54, 1.807) is 24.3 Å². The first kappa shape index (κ1) is 31.3. The fraction of sp³-hybridized carbons (Fsp3) is 0.312. The van der Waals surface area contributed by atoms with E-state index in [4.69, 9.17) is 0 Å². The predicted octanol–water partition coefficient (Wildman–Crippen LogP) is 6.51. The van der Waals surface area contributed by atoms with Crippen LogP contribution < -0.4 is 5.32 Å². The summed E-state index contributed by atoms with van der Waals surface area (Å²) in [6.45, 7) is 4.22. The maximum Gasteiger partial charge on any atom is 0.416 e. The second kappa shape index (κ2) is 12.8. The molecule has 0 unspecified atom stereocenters. The molecular weight excluding hydrogens is 591 g/mol. The Morgan fingerprint density at radius 1 is 1.00 bits per heavy atom. The Labute approximate surface area is 254 Å². The van der Waals surface area contributed by atoms with Gasteiger partial charge in [0.05, 0.1) is 16.2 Å². The molecule has 4 aromatic rings. The van der Waals surface area contributed by atoms with Crippen LogP contribution in [0.4, 0.5) is 23.7 Å². The zero-order chi connectivity index (χ0) is 31.5. The van der Waals surface area contributed by atoms with Gasteiger partial charge in [0.2, 0.25) is 0 Å². The van der Waals surface area contributed by atoms with Crippen LogP contribution in [0.3, 0.4) is 0 Å². The van der Waals surface area contributed by atoms with Crippen LogP contribution in [0.5, 0.6) is 0 Å². The third kappa shape index (κ3) is 7.67. The number of aryl methyl sites for hydroxylation is 1. The van der Waals surface area contributed by atoms with Crippen molar-refractivity contribution < 1.29 is 26.4 Å². The molecule has 44 heavy (non-hydrogen) atoms. The highest BCUT2D eigenvalue weighted by Gasteiger charge is 2.31. The lowest BCUT2D eigenvalue weighted by atomic mass is 10.0. The molecule has 2 amide bonds. The van der Waals surface area contributed by atoms with E-state index in [2.05, 4.69) is 20.2 Å². The van der Waals surface area contributed by atoms with E-state index in [1.807, 2.05) is 42.2 Å². The van der Waals surface area contributed by atoms with Crippen molar-refractivity contribution in [1.29, 1.82) is 0 Å². The third-order valence-electron chi connectivity index (χ3n) is 7.83. The van der Waals surface area contributed by atoms with Crippen molar-refractivity contribution in [3.8, 4) is 11.4 Å². The summed E-state index contributed by atoms with van der Waals surface area (Å²) >= 11 is 0. The highest BCUT2D eigenvalue weighted by atomic mass is 32.2. The highest BCUT2D eigenvalue weighted by molar-refractivity contribution is 7.90. The minimum Gasteiger partial charge on any atom is -0.342 e. The van der Waals surface area contributed by atoms with Gasteiger partial charge in [-0.3, -0.25) is 4.90 Å². The molecule has 0 spiro atoms. The molecule has 1 aliphatic heterocycles. The number of sulfone groups is 1. The van der Waals surface area contributed by atoms with Crippen LogP contribution in [0, 0.1) is 6.92 Å². The number of aromatic nitrogens is 2. The van der Waals surface area contributed by atoms with E-state index in [0.717, 1.165) is 48.2 Å². The van der Waals surface area contributed by atoms with Gasteiger partial charge in [0.25, 0.3) is 0 Å². The maximum atomic E-state index is 13.5.